The van der Waals surface area contributed by atoms with Crippen LogP contribution in [0.5, 0.6) is 0 Å². The minimum atomic E-state index is -1.56. The number of carbonyl (C=O) groups is 2. The SMILES string of the molecule is CCCCCCCCC=CCCCCCCCCC(C)(OC(=O)C(C)O)C(=O)O. The number of allylic oxidation sites excluding steroid dienone is 2. The fraction of sp³-hybridized carbons (Fsp3) is 0.833. The van der Waals surface area contributed by atoms with Crippen LogP contribution < -0.4 is 0 Å². The van der Waals surface area contributed by atoms with E-state index in [1.165, 1.54) is 71.6 Å². The number of carbonyl (C=O) groups excluding carboxylic acids is 1. The van der Waals surface area contributed by atoms with Gasteiger partial charge in [0.1, 0.15) is 6.10 Å². The molecule has 2 N–H and O–H groups in total. The zero-order valence-electron chi connectivity index (χ0n) is 19.0. The van der Waals surface area contributed by atoms with Crippen molar-refractivity contribution in [1.82, 2.24) is 0 Å². The van der Waals surface area contributed by atoms with E-state index in [1.54, 1.807) is 0 Å². The zero-order valence-corrected chi connectivity index (χ0v) is 19.0. The number of hydrogen-bond donors (Lipinski definition) is 2. The molecule has 0 amide bonds. The Labute approximate surface area is 177 Å². The normalized spacial score (nSPS) is 14.6. The van der Waals surface area contributed by atoms with Gasteiger partial charge >= 0.3 is 11.9 Å². The second kappa shape index (κ2) is 17.5. The van der Waals surface area contributed by atoms with Gasteiger partial charge in [0.25, 0.3) is 0 Å². The van der Waals surface area contributed by atoms with Crippen molar-refractivity contribution < 1.29 is 24.5 Å². The topological polar surface area (TPSA) is 83.8 Å². The average Bonchev–Trinajstić information content (AvgIpc) is 2.67. The lowest BCUT2D eigenvalue weighted by Crippen LogP contribution is -2.42. The van der Waals surface area contributed by atoms with Crippen LogP contribution in [0, 0.1) is 0 Å². The minimum Gasteiger partial charge on any atom is -0.478 e. The van der Waals surface area contributed by atoms with Crippen LogP contribution >= 0.6 is 0 Å². The number of carboxylic acid groups (broad SMARTS) is 1. The van der Waals surface area contributed by atoms with Crippen molar-refractivity contribution in [3.8, 4) is 0 Å². The van der Waals surface area contributed by atoms with Crippen LogP contribution in [0.25, 0.3) is 0 Å². The summed E-state index contributed by atoms with van der Waals surface area (Å²) in [6.45, 7) is 4.92. The molecule has 0 aromatic rings. The predicted molar refractivity (Wildman–Crippen MR) is 118 cm³/mol. The summed E-state index contributed by atoms with van der Waals surface area (Å²) in [6.07, 6.45) is 20.2. The van der Waals surface area contributed by atoms with Crippen molar-refractivity contribution in [2.24, 2.45) is 0 Å². The molecule has 0 spiro atoms. The van der Waals surface area contributed by atoms with Crippen molar-refractivity contribution in [2.75, 3.05) is 0 Å². The standard InChI is InChI=1S/C24H44O5/c1-4-5-6-7-8-9-10-11-12-13-14-15-16-17-18-19-20-24(3,23(27)28)29-22(26)21(2)25/h11-12,21,25H,4-10,13-20H2,1-3H3,(H,27,28). The third-order valence-corrected chi connectivity index (χ3v) is 5.29. The zero-order chi connectivity index (χ0) is 22.0. The van der Waals surface area contributed by atoms with Crippen molar-refractivity contribution in [1.29, 1.82) is 0 Å². The van der Waals surface area contributed by atoms with Gasteiger partial charge in [-0.2, -0.15) is 0 Å². The maximum absolute atomic E-state index is 11.5. The van der Waals surface area contributed by atoms with E-state index in [0.717, 1.165) is 25.7 Å². The number of ether oxygens (including phenoxy) is 1. The summed E-state index contributed by atoms with van der Waals surface area (Å²) in [7, 11) is 0. The number of aliphatic hydroxyl groups excluding tert-OH is 1. The molecule has 0 aromatic carbocycles. The number of aliphatic hydroxyl groups is 1. The average molecular weight is 413 g/mol. The first-order valence-corrected chi connectivity index (χ1v) is 11.6. The fourth-order valence-corrected chi connectivity index (χ4v) is 3.22. The Morgan fingerprint density at radius 3 is 1.76 bits per heavy atom. The van der Waals surface area contributed by atoms with Crippen molar-refractivity contribution in [3.05, 3.63) is 12.2 Å². The molecule has 0 fully saturated rings. The third-order valence-electron chi connectivity index (χ3n) is 5.29. The Kier molecular flexibility index (Phi) is 16.7. The van der Waals surface area contributed by atoms with Gasteiger partial charge in [0, 0.05) is 0 Å². The first-order valence-electron chi connectivity index (χ1n) is 11.6. The Hall–Kier alpha value is -1.36. The molecule has 0 heterocycles. The number of esters is 1. The number of aliphatic carboxylic acids is 1. The van der Waals surface area contributed by atoms with Crippen LogP contribution in [0.4, 0.5) is 0 Å². The summed E-state index contributed by atoms with van der Waals surface area (Å²) < 4.78 is 4.99. The second-order valence-electron chi connectivity index (χ2n) is 8.32. The smallest absolute Gasteiger partial charge is 0.347 e. The first-order chi connectivity index (χ1) is 13.8. The summed E-state index contributed by atoms with van der Waals surface area (Å²) in [6, 6.07) is 0. The van der Waals surface area contributed by atoms with Gasteiger partial charge in [0.05, 0.1) is 0 Å². The van der Waals surface area contributed by atoms with E-state index in [9.17, 15) is 19.8 Å². The summed E-state index contributed by atoms with van der Waals surface area (Å²) >= 11 is 0. The summed E-state index contributed by atoms with van der Waals surface area (Å²) in [5.74, 6) is -2.06. The Bertz CT molecular complexity index is 458. The van der Waals surface area contributed by atoms with Crippen LogP contribution in [0.15, 0.2) is 12.2 Å². The number of hydrogen-bond acceptors (Lipinski definition) is 4. The highest BCUT2D eigenvalue weighted by atomic mass is 16.6. The molecule has 170 valence electrons. The molecule has 5 heteroatoms. The molecule has 0 aliphatic rings. The van der Waals surface area contributed by atoms with Crippen molar-refractivity contribution in [3.63, 3.8) is 0 Å². The summed E-state index contributed by atoms with van der Waals surface area (Å²) in [5.41, 5.74) is -1.56. The maximum atomic E-state index is 11.5. The van der Waals surface area contributed by atoms with E-state index in [4.69, 9.17) is 4.74 Å². The van der Waals surface area contributed by atoms with E-state index in [-0.39, 0.29) is 6.42 Å². The lowest BCUT2D eigenvalue weighted by atomic mass is 9.97. The molecule has 0 rings (SSSR count). The van der Waals surface area contributed by atoms with Gasteiger partial charge in [-0.15, -0.1) is 0 Å². The van der Waals surface area contributed by atoms with Gasteiger partial charge < -0.3 is 14.9 Å². The van der Waals surface area contributed by atoms with E-state index in [0.29, 0.717) is 6.42 Å². The van der Waals surface area contributed by atoms with E-state index in [1.807, 2.05) is 0 Å². The van der Waals surface area contributed by atoms with Crippen LogP contribution in [-0.2, 0) is 14.3 Å². The molecule has 2 atom stereocenters. The molecule has 2 unspecified atom stereocenters. The molecule has 29 heavy (non-hydrogen) atoms. The molecule has 0 aliphatic heterocycles. The van der Waals surface area contributed by atoms with Crippen molar-refractivity contribution >= 4 is 11.9 Å². The van der Waals surface area contributed by atoms with E-state index in [2.05, 4.69) is 19.1 Å². The van der Waals surface area contributed by atoms with Gasteiger partial charge in [-0.25, -0.2) is 9.59 Å². The number of unbranched alkanes of at least 4 members (excludes halogenated alkanes) is 12. The monoisotopic (exact) mass is 412 g/mol. The van der Waals surface area contributed by atoms with Gasteiger partial charge in [0.2, 0.25) is 5.60 Å². The van der Waals surface area contributed by atoms with Gasteiger partial charge in [-0.1, -0.05) is 76.9 Å². The molecule has 0 saturated heterocycles. The van der Waals surface area contributed by atoms with Gasteiger partial charge in [0.15, 0.2) is 0 Å². The quantitative estimate of drug-likeness (QED) is 0.150. The largest absolute Gasteiger partial charge is 0.478 e. The Morgan fingerprint density at radius 1 is 0.862 bits per heavy atom. The minimum absolute atomic E-state index is 0.266. The number of rotatable bonds is 19. The van der Waals surface area contributed by atoms with Gasteiger partial charge in [-0.05, 0) is 52.4 Å². The highest BCUT2D eigenvalue weighted by Crippen LogP contribution is 2.21. The number of carboxylic acids is 1. The second-order valence-corrected chi connectivity index (χ2v) is 8.32. The molecule has 0 aromatic heterocycles. The lowest BCUT2D eigenvalue weighted by molar-refractivity contribution is -0.182. The summed E-state index contributed by atoms with van der Waals surface area (Å²) in [4.78, 5) is 22.9. The molecule has 5 nitrogen and oxygen atoms in total. The first kappa shape index (κ1) is 27.6. The molecule has 0 aliphatic carbocycles. The molecular formula is C24H44O5. The third kappa shape index (κ3) is 15.2. The highest BCUT2D eigenvalue weighted by Gasteiger charge is 2.37. The molecular weight excluding hydrogens is 368 g/mol. The Balaban J connectivity index is 3.65. The highest BCUT2D eigenvalue weighted by molar-refractivity contribution is 5.82. The van der Waals surface area contributed by atoms with Crippen LogP contribution in [0.2, 0.25) is 0 Å². The maximum Gasteiger partial charge on any atom is 0.347 e. The van der Waals surface area contributed by atoms with Crippen LogP contribution in [0.3, 0.4) is 0 Å². The predicted octanol–water partition coefficient (Wildman–Crippen LogP) is 6.18. The lowest BCUT2D eigenvalue weighted by Gasteiger charge is -2.25. The van der Waals surface area contributed by atoms with E-state index >= 15 is 0 Å². The fourth-order valence-electron chi connectivity index (χ4n) is 3.22. The Morgan fingerprint density at radius 2 is 1.31 bits per heavy atom. The van der Waals surface area contributed by atoms with Crippen LogP contribution in [0.1, 0.15) is 117 Å². The van der Waals surface area contributed by atoms with Crippen LogP contribution in [-0.4, -0.2) is 33.9 Å². The molecule has 0 bridgehead atoms. The van der Waals surface area contributed by atoms with E-state index < -0.39 is 23.6 Å². The van der Waals surface area contributed by atoms with Gasteiger partial charge in [-0.3, -0.25) is 0 Å². The molecule has 0 saturated carbocycles. The molecule has 0 radical (unpaired) electrons. The van der Waals surface area contributed by atoms with Crippen molar-refractivity contribution in [2.45, 2.75) is 129 Å². The summed E-state index contributed by atoms with van der Waals surface area (Å²) in [5, 5.41) is 18.5.